The first-order chi connectivity index (χ1) is 15.1. The third kappa shape index (κ3) is 5.31. The lowest BCUT2D eigenvalue weighted by molar-refractivity contribution is 0.409. The van der Waals surface area contributed by atoms with Crippen molar-refractivity contribution in [3.63, 3.8) is 0 Å². The first kappa shape index (κ1) is 23.4. The molecule has 0 saturated carbocycles. The van der Waals surface area contributed by atoms with Gasteiger partial charge in [0.15, 0.2) is 11.6 Å². The van der Waals surface area contributed by atoms with Crippen molar-refractivity contribution in [2.75, 3.05) is 4.72 Å². The largest absolute Gasteiger partial charge is 0.421 e. The maximum absolute atomic E-state index is 14.3. The maximum atomic E-state index is 14.3. The van der Waals surface area contributed by atoms with Gasteiger partial charge in [-0.15, -0.1) is 0 Å². The molecule has 1 atom stereocenters. The fourth-order valence-electron chi connectivity index (χ4n) is 3.06. The highest BCUT2D eigenvalue weighted by Crippen LogP contribution is 2.29. The van der Waals surface area contributed by atoms with Crippen LogP contribution < -0.4 is 15.0 Å². The van der Waals surface area contributed by atoms with Crippen LogP contribution in [-0.4, -0.2) is 28.2 Å². The predicted molar refractivity (Wildman–Crippen MR) is 121 cm³/mol. The van der Waals surface area contributed by atoms with Crippen molar-refractivity contribution >= 4 is 15.8 Å². The summed E-state index contributed by atoms with van der Waals surface area (Å²) in [5, 5.41) is -0.637. The van der Waals surface area contributed by atoms with Gasteiger partial charge in [0.2, 0.25) is 15.6 Å². The van der Waals surface area contributed by atoms with Crippen molar-refractivity contribution < 1.29 is 17.5 Å². The number of anilines is 1. The van der Waals surface area contributed by atoms with E-state index in [1.165, 1.54) is 22.8 Å². The second-order valence-corrected chi connectivity index (χ2v) is 9.62. The van der Waals surface area contributed by atoms with E-state index in [0.717, 1.165) is 0 Å². The van der Waals surface area contributed by atoms with E-state index in [0.29, 0.717) is 29.7 Å². The molecule has 3 aromatic rings. The van der Waals surface area contributed by atoms with E-state index < -0.39 is 21.1 Å². The Balaban J connectivity index is 2.09. The van der Waals surface area contributed by atoms with Crippen LogP contribution in [-0.2, 0) is 17.1 Å². The van der Waals surface area contributed by atoms with Gasteiger partial charge in [-0.25, -0.2) is 12.8 Å². The molecular formula is C22H25FN4O4S. The SMILES string of the molecule is CCCC(C)S(=O)(=O)Nc1cc(-c2ccc(=O)n(C)c2)nc(Oc2c(C)cccc2F)n1. The molecule has 10 heteroatoms. The van der Waals surface area contributed by atoms with Crippen molar-refractivity contribution in [1.82, 2.24) is 14.5 Å². The lowest BCUT2D eigenvalue weighted by atomic mass is 10.2. The monoisotopic (exact) mass is 460 g/mol. The number of rotatable bonds is 8. The lowest BCUT2D eigenvalue weighted by Crippen LogP contribution is -2.25. The zero-order valence-corrected chi connectivity index (χ0v) is 19.1. The number of aromatic nitrogens is 3. The fourth-order valence-corrected chi connectivity index (χ4v) is 4.20. The van der Waals surface area contributed by atoms with Gasteiger partial charge >= 0.3 is 6.01 Å². The van der Waals surface area contributed by atoms with Crippen LogP contribution in [0.15, 0.2) is 47.4 Å². The van der Waals surface area contributed by atoms with Crippen molar-refractivity contribution in [1.29, 1.82) is 0 Å². The Kier molecular flexibility index (Phi) is 6.93. The Bertz CT molecular complexity index is 1270. The number of hydrogen-bond acceptors (Lipinski definition) is 6. The van der Waals surface area contributed by atoms with Gasteiger partial charge in [0, 0.05) is 30.9 Å². The number of sulfonamides is 1. The van der Waals surface area contributed by atoms with Gasteiger partial charge in [0.1, 0.15) is 5.82 Å². The molecule has 0 aliphatic rings. The highest BCUT2D eigenvalue weighted by atomic mass is 32.2. The molecule has 0 radical (unpaired) electrons. The minimum atomic E-state index is -3.72. The van der Waals surface area contributed by atoms with E-state index in [1.807, 2.05) is 6.92 Å². The van der Waals surface area contributed by atoms with Crippen molar-refractivity contribution in [3.05, 3.63) is 64.3 Å². The molecule has 0 saturated heterocycles. The van der Waals surface area contributed by atoms with E-state index in [2.05, 4.69) is 14.7 Å². The summed E-state index contributed by atoms with van der Waals surface area (Å²) >= 11 is 0. The summed E-state index contributed by atoms with van der Waals surface area (Å²) < 4.78 is 49.1. The van der Waals surface area contributed by atoms with Crippen molar-refractivity contribution in [3.8, 4) is 23.0 Å². The zero-order valence-electron chi connectivity index (χ0n) is 18.3. The minimum absolute atomic E-state index is 0.0178. The summed E-state index contributed by atoms with van der Waals surface area (Å²) in [5.74, 6) is -0.672. The Morgan fingerprint density at radius 2 is 1.97 bits per heavy atom. The number of benzene rings is 1. The second kappa shape index (κ2) is 9.47. The van der Waals surface area contributed by atoms with Crippen LogP contribution in [0, 0.1) is 12.7 Å². The van der Waals surface area contributed by atoms with Crippen LogP contribution in [0.4, 0.5) is 10.2 Å². The predicted octanol–water partition coefficient (Wildman–Crippen LogP) is 4.01. The molecule has 1 unspecified atom stereocenters. The van der Waals surface area contributed by atoms with Crippen LogP contribution in [0.2, 0.25) is 0 Å². The highest BCUT2D eigenvalue weighted by Gasteiger charge is 2.22. The number of pyridine rings is 1. The fraction of sp³-hybridized carbons (Fsp3) is 0.318. The molecule has 0 fully saturated rings. The van der Waals surface area contributed by atoms with E-state index >= 15 is 0 Å². The van der Waals surface area contributed by atoms with Crippen LogP contribution in [0.25, 0.3) is 11.3 Å². The minimum Gasteiger partial charge on any atom is -0.421 e. The summed E-state index contributed by atoms with van der Waals surface area (Å²) in [6, 6.07) is 8.60. The quantitative estimate of drug-likeness (QED) is 0.545. The van der Waals surface area contributed by atoms with Gasteiger partial charge in [0.25, 0.3) is 0 Å². The molecule has 3 rings (SSSR count). The summed E-state index contributed by atoms with van der Waals surface area (Å²) in [7, 11) is -2.13. The molecule has 2 aromatic heterocycles. The smallest absolute Gasteiger partial charge is 0.324 e. The molecule has 0 aliphatic heterocycles. The maximum Gasteiger partial charge on any atom is 0.324 e. The number of nitrogens with one attached hydrogen (secondary N) is 1. The third-order valence-electron chi connectivity index (χ3n) is 4.92. The van der Waals surface area contributed by atoms with Gasteiger partial charge in [-0.1, -0.05) is 25.5 Å². The van der Waals surface area contributed by atoms with E-state index in [9.17, 15) is 17.6 Å². The van der Waals surface area contributed by atoms with Gasteiger partial charge in [-0.2, -0.15) is 9.97 Å². The van der Waals surface area contributed by atoms with Crippen LogP contribution in [0.5, 0.6) is 11.8 Å². The van der Waals surface area contributed by atoms with Crippen molar-refractivity contribution in [2.24, 2.45) is 7.05 Å². The molecule has 0 spiro atoms. The van der Waals surface area contributed by atoms with E-state index in [4.69, 9.17) is 4.74 Å². The number of ether oxygens (including phenoxy) is 1. The Hall–Kier alpha value is -3.27. The van der Waals surface area contributed by atoms with Crippen LogP contribution in [0.3, 0.4) is 0 Å². The molecule has 2 heterocycles. The number of hydrogen-bond donors (Lipinski definition) is 1. The molecule has 0 bridgehead atoms. The molecule has 0 amide bonds. The normalized spacial score (nSPS) is 12.4. The summed E-state index contributed by atoms with van der Waals surface area (Å²) in [4.78, 5) is 20.2. The van der Waals surface area contributed by atoms with E-state index in [1.54, 1.807) is 45.3 Å². The summed E-state index contributed by atoms with van der Waals surface area (Å²) in [6.45, 7) is 5.18. The average Bonchev–Trinajstić information content (AvgIpc) is 2.72. The van der Waals surface area contributed by atoms with Gasteiger partial charge in [-0.3, -0.25) is 9.52 Å². The summed E-state index contributed by atoms with van der Waals surface area (Å²) in [5.41, 5.74) is 1.16. The van der Waals surface area contributed by atoms with Crippen molar-refractivity contribution in [2.45, 2.75) is 38.9 Å². The third-order valence-corrected chi connectivity index (χ3v) is 6.70. The lowest BCUT2D eigenvalue weighted by Gasteiger charge is -2.15. The number of para-hydroxylation sites is 1. The first-order valence-electron chi connectivity index (χ1n) is 10.1. The number of aryl methyl sites for hydroxylation is 2. The average molecular weight is 461 g/mol. The molecule has 32 heavy (non-hydrogen) atoms. The van der Waals surface area contributed by atoms with E-state index in [-0.39, 0.29) is 23.1 Å². The summed E-state index contributed by atoms with van der Waals surface area (Å²) in [6.07, 6.45) is 2.74. The number of halogens is 1. The molecule has 1 N–H and O–H groups in total. The zero-order chi connectivity index (χ0) is 23.5. The Labute approximate surface area is 186 Å². The Morgan fingerprint density at radius 1 is 1.22 bits per heavy atom. The van der Waals surface area contributed by atoms with Crippen LogP contribution in [0.1, 0.15) is 32.3 Å². The second-order valence-electron chi connectivity index (χ2n) is 7.52. The molecule has 1 aromatic carbocycles. The van der Waals surface area contributed by atoms with Gasteiger partial charge in [-0.05, 0) is 38.0 Å². The Morgan fingerprint density at radius 3 is 2.62 bits per heavy atom. The molecular weight excluding hydrogens is 435 g/mol. The topological polar surface area (TPSA) is 103 Å². The first-order valence-corrected chi connectivity index (χ1v) is 11.7. The van der Waals surface area contributed by atoms with Gasteiger partial charge in [0.05, 0.1) is 10.9 Å². The van der Waals surface area contributed by atoms with Crippen LogP contribution >= 0.6 is 0 Å². The molecule has 170 valence electrons. The standard InChI is InChI=1S/C22H25FN4O4S/c1-5-7-15(3)32(29,30)26-19-12-18(16-10-11-20(28)27(4)13-16)24-22(25-19)31-21-14(2)8-6-9-17(21)23/h6,8-13,15H,5,7H2,1-4H3,(H,24,25,26). The molecule has 8 nitrogen and oxygen atoms in total. The number of nitrogens with zero attached hydrogens (tertiary/aromatic N) is 3. The van der Waals surface area contributed by atoms with Gasteiger partial charge < -0.3 is 9.30 Å². The highest BCUT2D eigenvalue weighted by molar-refractivity contribution is 7.93. The molecule has 0 aliphatic carbocycles.